The van der Waals surface area contributed by atoms with E-state index in [1.807, 2.05) is 62.4 Å². The zero-order chi connectivity index (χ0) is 25.2. The van der Waals surface area contributed by atoms with Gasteiger partial charge in [-0.25, -0.2) is 18.4 Å². The van der Waals surface area contributed by atoms with Crippen LogP contribution in [-0.4, -0.2) is 38.9 Å². The standard InChI is InChI=1S/C26H28N4O4S/c1-16(27-26-21-14-24(33-3)25(34-4)15-23(21)28-17(2)29-26)18-9-8-10-19(13-18)20-11-6-7-12-22(20)30-35(5,31)32/h6-16,30H,1-5H3,(H,27,28,29). The minimum Gasteiger partial charge on any atom is -0.493 e. The third-order valence-corrected chi connectivity index (χ3v) is 6.18. The van der Waals surface area contributed by atoms with Crippen LogP contribution in [0.25, 0.3) is 22.0 Å². The molecule has 0 aliphatic rings. The summed E-state index contributed by atoms with van der Waals surface area (Å²) in [6, 6.07) is 18.9. The smallest absolute Gasteiger partial charge is 0.229 e. The maximum absolute atomic E-state index is 11.8. The van der Waals surface area contributed by atoms with E-state index in [0.29, 0.717) is 28.8 Å². The van der Waals surface area contributed by atoms with Gasteiger partial charge in [0, 0.05) is 23.1 Å². The lowest BCUT2D eigenvalue weighted by atomic mass is 9.99. The molecule has 0 saturated carbocycles. The van der Waals surface area contributed by atoms with Gasteiger partial charge in [0.2, 0.25) is 10.0 Å². The van der Waals surface area contributed by atoms with E-state index in [2.05, 4.69) is 20.0 Å². The lowest BCUT2D eigenvalue weighted by Gasteiger charge is -2.19. The lowest BCUT2D eigenvalue weighted by Crippen LogP contribution is -2.11. The molecule has 0 amide bonds. The van der Waals surface area contributed by atoms with Crippen LogP contribution < -0.4 is 19.5 Å². The minimum atomic E-state index is -3.41. The number of nitrogens with one attached hydrogen (secondary N) is 2. The molecule has 1 atom stereocenters. The summed E-state index contributed by atoms with van der Waals surface area (Å²) in [4.78, 5) is 9.19. The second kappa shape index (κ2) is 9.79. The van der Waals surface area contributed by atoms with Gasteiger partial charge in [-0.3, -0.25) is 4.72 Å². The average Bonchev–Trinajstić information content (AvgIpc) is 2.82. The molecule has 0 bridgehead atoms. The molecule has 1 aromatic heterocycles. The summed E-state index contributed by atoms with van der Waals surface area (Å²) in [7, 11) is -0.220. The number of benzene rings is 3. The van der Waals surface area contributed by atoms with E-state index in [0.717, 1.165) is 33.8 Å². The van der Waals surface area contributed by atoms with Crippen molar-refractivity contribution in [2.45, 2.75) is 19.9 Å². The number of ether oxygens (including phenoxy) is 2. The average molecular weight is 493 g/mol. The van der Waals surface area contributed by atoms with Crippen molar-refractivity contribution in [2.24, 2.45) is 0 Å². The highest BCUT2D eigenvalue weighted by Gasteiger charge is 2.16. The third kappa shape index (κ3) is 5.46. The fourth-order valence-corrected chi connectivity index (χ4v) is 4.55. The van der Waals surface area contributed by atoms with E-state index < -0.39 is 10.0 Å². The molecule has 35 heavy (non-hydrogen) atoms. The van der Waals surface area contributed by atoms with Gasteiger partial charge in [0.15, 0.2) is 11.5 Å². The lowest BCUT2D eigenvalue weighted by molar-refractivity contribution is 0.356. The number of aryl methyl sites for hydroxylation is 1. The zero-order valence-electron chi connectivity index (χ0n) is 20.3. The van der Waals surface area contributed by atoms with Gasteiger partial charge in [0.05, 0.1) is 31.7 Å². The minimum absolute atomic E-state index is 0.101. The molecule has 4 rings (SSSR count). The first kappa shape index (κ1) is 24.3. The van der Waals surface area contributed by atoms with Gasteiger partial charge in [-0.1, -0.05) is 36.4 Å². The van der Waals surface area contributed by atoms with E-state index in [4.69, 9.17) is 9.47 Å². The molecule has 3 aromatic carbocycles. The van der Waals surface area contributed by atoms with Crippen LogP contribution in [0.15, 0.2) is 60.7 Å². The second-order valence-corrected chi connectivity index (χ2v) is 10.0. The summed E-state index contributed by atoms with van der Waals surface area (Å²) < 4.78 is 37.2. The predicted molar refractivity (Wildman–Crippen MR) is 140 cm³/mol. The first-order chi connectivity index (χ1) is 16.7. The quantitative estimate of drug-likeness (QED) is 0.350. The number of para-hydroxylation sites is 1. The highest BCUT2D eigenvalue weighted by Crippen LogP contribution is 2.36. The van der Waals surface area contributed by atoms with E-state index in [-0.39, 0.29) is 6.04 Å². The van der Waals surface area contributed by atoms with Crippen molar-refractivity contribution < 1.29 is 17.9 Å². The van der Waals surface area contributed by atoms with Gasteiger partial charge in [-0.2, -0.15) is 0 Å². The van der Waals surface area contributed by atoms with Crippen LogP contribution in [0.4, 0.5) is 11.5 Å². The third-order valence-electron chi connectivity index (χ3n) is 5.59. The number of nitrogens with zero attached hydrogens (tertiary/aromatic N) is 2. The van der Waals surface area contributed by atoms with Crippen molar-refractivity contribution in [1.82, 2.24) is 9.97 Å². The molecule has 0 aliphatic heterocycles. The number of aromatic nitrogens is 2. The zero-order valence-corrected chi connectivity index (χ0v) is 21.1. The summed E-state index contributed by atoms with van der Waals surface area (Å²) in [6.07, 6.45) is 1.14. The Labute approximate surface area is 205 Å². The first-order valence-electron chi connectivity index (χ1n) is 11.0. The molecule has 0 spiro atoms. The van der Waals surface area contributed by atoms with Crippen LogP contribution in [0.1, 0.15) is 24.4 Å². The van der Waals surface area contributed by atoms with Gasteiger partial charge in [-0.15, -0.1) is 0 Å². The van der Waals surface area contributed by atoms with Crippen LogP contribution in [0, 0.1) is 6.92 Å². The van der Waals surface area contributed by atoms with Gasteiger partial charge < -0.3 is 14.8 Å². The highest BCUT2D eigenvalue weighted by atomic mass is 32.2. The highest BCUT2D eigenvalue weighted by molar-refractivity contribution is 7.92. The fraction of sp³-hybridized carbons (Fsp3) is 0.231. The molecule has 0 saturated heterocycles. The number of hydrogen-bond acceptors (Lipinski definition) is 7. The van der Waals surface area contributed by atoms with Crippen LogP contribution in [-0.2, 0) is 10.0 Å². The number of hydrogen-bond donors (Lipinski definition) is 2. The van der Waals surface area contributed by atoms with Gasteiger partial charge in [0.1, 0.15) is 11.6 Å². The molecule has 2 N–H and O–H groups in total. The second-order valence-electron chi connectivity index (χ2n) is 8.26. The molecular formula is C26H28N4O4S. The molecule has 0 radical (unpaired) electrons. The topological polar surface area (TPSA) is 102 Å². The van der Waals surface area contributed by atoms with Crippen molar-refractivity contribution >= 4 is 32.4 Å². The Hall–Kier alpha value is -3.85. The Morgan fingerprint density at radius 3 is 2.34 bits per heavy atom. The summed E-state index contributed by atoms with van der Waals surface area (Å²) in [5, 5.41) is 4.32. The maximum Gasteiger partial charge on any atom is 0.229 e. The first-order valence-corrected chi connectivity index (χ1v) is 12.9. The molecule has 9 heteroatoms. The van der Waals surface area contributed by atoms with Gasteiger partial charge in [0.25, 0.3) is 0 Å². The van der Waals surface area contributed by atoms with Crippen molar-refractivity contribution in [3.8, 4) is 22.6 Å². The molecular weight excluding hydrogens is 464 g/mol. The summed E-state index contributed by atoms with van der Waals surface area (Å²) in [6.45, 7) is 3.89. The monoisotopic (exact) mass is 492 g/mol. The molecule has 4 aromatic rings. The largest absolute Gasteiger partial charge is 0.493 e. The predicted octanol–water partition coefficient (Wildman–Crippen LogP) is 5.17. The molecule has 1 unspecified atom stereocenters. The van der Waals surface area contributed by atoms with Crippen molar-refractivity contribution in [2.75, 3.05) is 30.5 Å². The van der Waals surface area contributed by atoms with Crippen LogP contribution in [0.5, 0.6) is 11.5 Å². The summed E-state index contributed by atoms with van der Waals surface area (Å²) in [5.41, 5.74) is 4.00. The number of rotatable bonds is 8. The van der Waals surface area contributed by atoms with Crippen molar-refractivity contribution in [1.29, 1.82) is 0 Å². The molecule has 0 aliphatic carbocycles. The number of sulfonamides is 1. The van der Waals surface area contributed by atoms with E-state index in [1.54, 1.807) is 26.4 Å². The van der Waals surface area contributed by atoms with E-state index >= 15 is 0 Å². The SMILES string of the molecule is COc1cc2nc(C)nc(NC(C)c3cccc(-c4ccccc4NS(C)(=O)=O)c3)c2cc1OC. The fourth-order valence-electron chi connectivity index (χ4n) is 3.97. The van der Waals surface area contributed by atoms with Gasteiger partial charge in [-0.05, 0) is 43.2 Å². The Morgan fingerprint density at radius 1 is 0.914 bits per heavy atom. The number of anilines is 2. The maximum atomic E-state index is 11.8. The van der Waals surface area contributed by atoms with E-state index in [1.165, 1.54) is 0 Å². The number of methoxy groups -OCH3 is 2. The molecule has 0 fully saturated rings. The summed E-state index contributed by atoms with van der Waals surface area (Å²) >= 11 is 0. The molecule has 182 valence electrons. The van der Waals surface area contributed by atoms with Crippen molar-refractivity contribution in [3.63, 3.8) is 0 Å². The van der Waals surface area contributed by atoms with Crippen LogP contribution in [0.2, 0.25) is 0 Å². The Balaban J connectivity index is 1.70. The molecule has 1 heterocycles. The Morgan fingerprint density at radius 2 is 1.63 bits per heavy atom. The Bertz CT molecular complexity index is 1490. The summed E-state index contributed by atoms with van der Waals surface area (Å²) in [5.74, 6) is 2.52. The van der Waals surface area contributed by atoms with Crippen molar-refractivity contribution in [3.05, 3.63) is 72.1 Å². The van der Waals surface area contributed by atoms with E-state index in [9.17, 15) is 8.42 Å². The number of fused-ring (bicyclic) bond motifs is 1. The Kier molecular flexibility index (Phi) is 6.79. The molecule has 8 nitrogen and oxygen atoms in total. The van der Waals surface area contributed by atoms with Crippen LogP contribution in [0.3, 0.4) is 0 Å². The van der Waals surface area contributed by atoms with Gasteiger partial charge >= 0.3 is 0 Å². The van der Waals surface area contributed by atoms with Crippen LogP contribution >= 0.6 is 0 Å². The normalized spacial score (nSPS) is 12.3.